The quantitative estimate of drug-likeness (QED) is 0.228. The first kappa shape index (κ1) is 21.3. The number of hydrogen-bond acceptors (Lipinski definition) is 7. The highest BCUT2D eigenvalue weighted by Gasteiger charge is 2.11. The van der Waals surface area contributed by atoms with E-state index >= 15 is 0 Å². The summed E-state index contributed by atoms with van der Waals surface area (Å²) in [6.07, 6.45) is 0. The molecule has 33 heavy (non-hydrogen) atoms. The van der Waals surface area contributed by atoms with Crippen molar-refractivity contribution in [3.05, 3.63) is 112 Å². The van der Waals surface area contributed by atoms with Crippen molar-refractivity contribution in [2.45, 2.75) is 0 Å². The maximum absolute atomic E-state index is 12.3. The number of nitro benzene ring substituents is 1. The van der Waals surface area contributed by atoms with Crippen LogP contribution in [-0.2, 0) is 4.84 Å². The molecule has 1 N–H and O–H groups in total. The molecule has 9 nitrogen and oxygen atoms in total. The van der Waals surface area contributed by atoms with Crippen LogP contribution in [0.4, 0.5) is 17.1 Å². The summed E-state index contributed by atoms with van der Waals surface area (Å²) < 4.78 is 0. The molecule has 4 rings (SSSR count). The predicted molar refractivity (Wildman–Crippen MR) is 121 cm³/mol. The van der Waals surface area contributed by atoms with E-state index in [2.05, 4.69) is 15.7 Å². The molecule has 0 heterocycles. The van der Waals surface area contributed by atoms with Gasteiger partial charge in [0, 0.05) is 12.1 Å². The van der Waals surface area contributed by atoms with Gasteiger partial charge < -0.3 is 4.84 Å². The molecule has 4 aromatic rings. The van der Waals surface area contributed by atoms with E-state index in [1.807, 2.05) is 30.3 Å². The Labute approximate surface area is 187 Å². The van der Waals surface area contributed by atoms with Gasteiger partial charge in [0.05, 0.1) is 27.4 Å². The highest BCUT2D eigenvalue weighted by molar-refractivity contribution is 5.96. The number of fused-ring (bicyclic) bond motifs is 1. The van der Waals surface area contributed by atoms with Gasteiger partial charge in [-0.2, -0.15) is 0 Å². The third kappa shape index (κ3) is 5.23. The fourth-order valence-corrected chi connectivity index (χ4v) is 2.99. The van der Waals surface area contributed by atoms with E-state index < -0.39 is 16.8 Å². The second kappa shape index (κ2) is 9.48. The number of non-ortho nitro benzene ring substituents is 1. The molecular weight excluding hydrogens is 424 g/mol. The summed E-state index contributed by atoms with van der Waals surface area (Å²) >= 11 is 0. The fourth-order valence-electron chi connectivity index (χ4n) is 2.99. The van der Waals surface area contributed by atoms with Crippen LogP contribution >= 0.6 is 0 Å². The highest BCUT2D eigenvalue weighted by Crippen LogP contribution is 2.20. The Kier molecular flexibility index (Phi) is 6.12. The van der Waals surface area contributed by atoms with Gasteiger partial charge in [0.1, 0.15) is 0 Å². The molecule has 0 unspecified atom stereocenters. The summed E-state index contributed by atoms with van der Waals surface area (Å²) in [5.74, 6) is -1.24. The van der Waals surface area contributed by atoms with Gasteiger partial charge in [0.25, 0.3) is 11.6 Å². The SMILES string of the molecule is O=C(N=Nc1ccc(NOC(=O)c2ccc3ccccc3c2)cc1)c1cccc([N+](=O)[O-])c1. The molecule has 0 aliphatic heterocycles. The molecule has 0 saturated heterocycles. The summed E-state index contributed by atoms with van der Waals surface area (Å²) in [5, 5.41) is 20.2. The molecule has 162 valence electrons. The summed E-state index contributed by atoms with van der Waals surface area (Å²) in [4.78, 5) is 39.8. The molecule has 0 radical (unpaired) electrons. The third-order valence-corrected chi connectivity index (χ3v) is 4.67. The zero-order chi connectivity index (χ0) is 23.2. The summed E-state index contributed by atoms with van der Waals surface area (Å²) in [6, 6.07) is 24.6. The Morgan fingerprint density at radius 2 is 1.58 bits per heavy atom. The molecule has 0 aliphatic carbocycles. The Morgan fingerprint density at radius 1 is 0.818 bits per heavy atom. The van der Waals surface area contributed by atoms with Gasteiger partial charge in [-0.25, -0.2) is 10.3 Å². The maximum Gasteiger partial charge on any atom is 0.362 e. The van der Waals surface area contributed by atoms with E-state index in [0.717, 1.165) is 16.8 Å². The second-order valence-corrected chi connectivity index (χ2v) is 6.91. The topological polar surface area (TPSA) is 123 Å². The van der Waals surface area contributed by atoms with Gasteiger partial charge in [0.2, 0.25) is 0 Å². The standard InChI is InChI=1S/C24H16N4O5/c29-23(18-6-3-7-22(15-18)28(31)32)26-25-20-10-12-21(13-11-20)27-33-24(30)19-9-8-16-4-1-2-5-17(16)14-19/h1-15,27H. The molecule has 0 spiro atoms. The molecule has 0 saturated carbocycles. The molecule has 4 aromatic carbocycles. The number of azo groups is 1. The van der Waals surface area contributed by atoms with Crippen LogP contribution in [0.3, 0.4) is 0 Å². The minimum Gasteiger partial charge on any atom is -0.338 e. The van der Waals surface area contributed by atoms with Crippen molar-refractivity contribution < 1.29 is 19.3 Å². The van der Waals surface area contributed by atoms with Gasteiger partial charge in [-0.15, -0.1) is 10.2 Å². The van der Waals surface area contributed by atoms with Gasteiger partial charge in [-0.1, -0.05) is 36.4 Å². The van der Waals surface area contributed by atoms with Crippen LogP contribution in [0.15, 0.2) is 101 Å². The van der Waals surface area contributed by atoms with Crippen molar-refractivity contribution in [3.8, 4) is 0 Å². The van der Waals surface area contributed by atoms with E-state index in [4.69, 9.17) is 4.84 Å². The number of amides is 1. The van der Waals surface area contributed by atoms with E-state index in [-0.39, 0.29) is 11.3 Å². The summed E-state index contributed by atoms with van der Waals surface area (Å²) in [6.45, 7) is 0. The molecule has 0 atom stereocenters. The first-order valence-electron chi connectivity index (χ1n) is 9.76. The first-order chi connectivity index (χ1) is 16.0. The largest absolute Gasteiger partial charge is 0.362 e. The average Bonchev–Trinajstić information content (AvgIpc) is 2.86. The van der Waals surface area contributed by atoms with Crippen molar-refractivity contribution in [1.82, 2.24) is 0 Å². The van der Waals surface area contributed by atoms with Crippen LogP contribution in [0, 0.1) is 10.1 Å². The number of anilines is 1. The van der Waals surface area contributed by atoms with Crippen molar-refractivity contribution in [2.24, 2.45) is 10.2 Å². The molecule has 0 aromatic heterocycles. The van der Waals surface area contributed by atoms with Crippen molar-refractivity contribution in [1.29, 1.82) is 0 Å². The van der Waals surface area contributed by atoms with Crippen LogP contribution in [0.5, 0.6) is 0 Å². The van der Waals surface area contributed by atoms with Crippen molar-refractivity contribution >= 4 is 39.7 Å². The normalized spacial score (nSPS) is 10.8. The number of benzene rings is 4. The second-order valence-electron chi connectivity index (χ2n) is 6.91. The number of nitrogens with zero attached hydrogens (tertiary/aromatic N) is 3. The maximum atomic E-state index is 12.3. The van der Waals surface area contributed by atoms with Gasteiger partial charge in [-0.3, -0.25) is 14.9 Å². The number of carbonyl (C=O) groups excluding carboxylic acids is 2. The van der Waals surface area contributed by atoms with E-state index in [1.165, 1.54) is 18.2 Å². The third-order valence-electron chi connectivity index (χ3n) is 4.67. The minimum atomic E-state index is -0.704. The number of nitrogens with one attached hydrogen (secondary N) is 1. The fraction of sp³-hybridized carbons (Fsp3) is 0. The Hall–Kier alpha value is -4.92. The summed E-state index contributed by atoms with van der Waals surface area (Å²) in [5.41, 5.74) is 3.71. The monoisotopic (exact) mass is 440 g/mol. The molecule has 1 amide bonds. The van der Waals surface area contributed by atoms with Gasteiger partial charge in [0.15, 0.2) is 0 Å². The predicted octanol–water partition coefficient (Wildman–Crippen LogP) is 5.86. The molecule has 0 aliphatic rings. The number of hydrogen-bond donors (Lipinski definition) is 1. The van der Waals surface area contributed by atoms with Crippen LogP contribution in [0.2, 0.25) is 0 Å². The lowest BCUT2D eigenvalue weighted by atomic mass is 10.1. The van der Waals surface area contributed by atoms with Crippen molar-refractivity contribution in [2.75, 3.05) is 5.48 Å². The van der Waals surface area contributed by atoms with Crippen LogP contribution in [0.25, 0.3) is 10.8 Å². The van der Waals surface area contributed by atoms with Crippen LogP contribution < -0.4 is 5.48 Å². The average molecular weight is 440 g/mol. The Balaban J connectivity index is 1.35. The number of nitro groups is 1. The number of rotatable bonds is 6. The zero-order valence-corrected chi connectivity index (χ0v) is 17.0. The lowest BCUT2D eigenvalue weighted by Gasteiger charge is -2.07. The van der Waals surface area contributed by atoms with Gasteiger partial charge in [-0.05, 0) is 53.2 Å². The number of carbonyl (C=O) groups is 2. The lowest BCUT2D eigenvalue weighted by molar-refractivity contribution is -0.384. The van der Waals surface area contributed by atoms with Gasteiger partial charge >= 0.3 is 5.97 Å². The highest BCUT2D eigenvalue weighted by atomic mass is 16.7. The van der Waals surface area contributed by atoms with E-state index in [1.54, 1.807) is 36.4 Å². The van der Waals surface area contributed by atoms with E-state index in [0.29, 0.717) is 16.9 Å². The molecule has 0 fully saturated rings. The smallest absolute Gasteiger partial charge is 0.338 e. The molecular formula is C24H16N4O5. The van der Waals surface area contributed by atoms with Crippen LogP contribution in [0.1, 0.15) is 20.7 Å². The van der Waals surface area contributed by atoms with E-state index in [9.17, 15) is 19.7 Å². The first-order valence-corrected chi connectivity index (χ1v) is 9.76. The Bertz CT molecular complexity index is 1380. The van der Waals surface area contributed by atoms with Crippen molar-refractivity contribution in [3.63, 3.8) is 0 Å². The lowest BCUT2D eigenvalue weighted by Crippen LogP contribution is -2.10. The van der Waals surface area contributed by atoms with Crippen LogP contribution in [-0.4, -0.2) is 16.8 Å². The molecule has 9 heteroatoms. The zero-order valence-electron chi connectivity index (χ0n) is 17.0. The minimum absolute atomic E-state index is 0.0619. The summed E-state index contributed by atoms with van der Waals surface area (Å²) in [7, 11) is 0. The molecule has 0 bridgehead atoms. The Morgan fingerprint density at radius 3 is 2.33 bits per heavy atom.